The van der Waals surface area contributed by atoms with E-state index in [4.69, 9.17) is 5.10 Å². The topological polar surface area (TPSA) is 30.9 Å². The van der Waals surface area contributed by atoms with E-state index in [-0.39, 0.29) is 6.17 Å². The number of nitrogens with one attached hydrogen (secondary N) is 1. The van der Waals surface area contributed by atoms with Crippen molar-refractivity contribution >= 4 is 17.2 Å². The van der Waals surface area contributed by atoms with E-state index in [1.165, 1.54) is 0 Å². The van der Waals surface area contributed by atoms with E-state index in [9.17, 15) is 0 Å². The predicted molar refractivity (Wildman–Crippen MR) is 117 cm³/mol. The van der Waals surface area contributed by atoms with Gasteiger partial charge in [0.1, 0.15) is 6.17 Å². The normalized spacial score (nSPS) is 16.5. The monoisotopic (exact) mass is 370 g/mol. The van der Waals surface area contributed by atoms with Crippen molar-refractivity contribution in [3.05, 3.63) is 96.6 Å². The lowest BCUT2D eigenvalue weighted by Gasteiger charge is -2.44. The molecule has 1 N–H and O–H groups in total. The van der Waals surface area contributed by atoms with Gasteiger partial charge >= 0.3 is 0 Å². The van der Waals surface area contributed by atoms with Crippen LogP contribution in [0, 0.1) is 0 Å². The van der Waals surface area contributed by atoms with Crippen LogP contribution in [0.5, 0.6) is 0 Å². The number of para-hydroxylation sites is 2. The van der Waals surface area contributed by atoms with E-state index in [2.05, 4.69) is 89.1 Å². The number of hydrazine groups is 1. The summed E-state index contributed by atoms with van der Waals surface area (Å²) in [7, 11) is 0. The smallest absolute Gasteiger partial charge is 0.172 e. The fourth-order valence-corrected chi connectivity index (χ4v) is 3.49. The molecule has 0 aliphatic carbocycles. The van der Waals surface area contributed by atoms with Crippen LogP contribution < -0.4 is 15.4 Å². The van der Waals surface area contributed by atoms with Gasteiger partial charge in [-0.1, -0.05) is 80.1 Å². The number of hydrogen-bond donors (Lipinski definition) is 1. The standard InChI is InChI=1S/C24H26N4/c1-2-3-19-23-27(21-15-9-5-10-16-21)25-24(20-13-7-4-8-14-20)26-28(23)22-17-11-6-12-18-22/h4-18,23H,2-3,19H2,1H3,(H,25,26). The summed E-state index contributed by atoms with van der Waals surface area (Å²) < 4.78 is 0. The molecule has 4 rings (SSSR count). The molecular weight excluding hydrogens is 344 g/mol. The van der Waals surface area contributed by atoms with Gasteiger partial charge < -0.3 is 0 Å². The summed E-state index contributed by atoms with van der Waals surface area (Å²) in [6.45, 7) is 2.23. The Morgan fingerprint density at radius 2 is 1.36 bits per heavy atom. The highest BCUT2D eigenvalue weighted by atomic mass is 15.7. The van der Waals surface area contributed by atoms with Gasteiger partial charge in [-0.05, 0) is 37.1 Å². The van der Waals surface area contributed by atoms with Crippen LogP contribution in [-0.2, 0) is 0 Å². The number of hydrazone groups is 1. The summed E-state index contributed by atoms with van der Waals surface area (Å²) in [5.74, 6) is 0.848. The van der Waals surface area contributed by atoms with E-state index in [0.29, 0.717) is 0 Å². The Morgan fingerprint density at radius 1 is 0.786 bits per heavy atom. The molecule has 3 aromatic rings. The van der Waals surface area contributed by atoms with Crippen molar-refractivity contribution in [3.63, 3.8) is 0 Å². The Balaban J connectivity index is 1.80. The molecule has 1 aliphatic heterocycles. The molecule has 28 heavy (non-hydrogen) atoms. The average Bonchev–Trinajstić information content (AvgIpc) is 2.79. The summed E-state index contributed by atoms with van der Waals surface area (Å²) in [5.41, 5.74) is 6.88. The molecule has 1 atom stereocenters. The maximum absolute atomic E-state index is 5.03. The van der Waals surface area contributed by atoms with Crippen molar-refractivity contribution in [1.82, 2.24) is 5.43 Å². The van der Waals surface area contributed by atoms with Gasteiger partial charge in [0.25, 0.3) is 0 Å². The SMILES string of the molecule is CCCCC1N(c2ccccc2)N=C(c2ccccc2)NN1c1ccccc1. The molecule has 1 aliphatic rings. The van der Waals surface area contributed by atoms with Crippen LogP contribution in [0.4, 0.5) is 11.4 Å². The molecule has 1 heterocycles. The van der Waals surface area contributed by atoms with Crippen LogP contribution >= 0.6 is 0 Å². The van der Waals surface area contributed by atoms with Gasteiger partial charge in [-0.3, -0.25) is 10.4 Å². The average molecular weight is 371 g/mol. The first kappa shape index (κ1) is 18.1. The summed E-state index contributed by atoms with van der Waals surface area (Å²) in [4.78, 5) is 0. The van der Waals surface area contributed by atoms with Gasteiger partial charge in [0.2, 0.25) is 0 Å². The van der Waals surface area contributed by atoms with Crippen LogP contribution in [0.15, 0.2) is 96.1 Å². The van der Waals surface area contributed by atoms with E-state index in [1.807, 2.05) is 24.3 Å². The van der Waals surface area contributed by atoms with Gasteiger partial charge in [-0.25, -0.2) is 5.01 Å². The maximum atomic E-state index is 5.03. The predicted octanol–water partition coefficient (Wildman–Crippen LogP) is 5.40. The van der Waals surface area contributed by atoms with Crippen LogP contribution in [0.1, 0.15) is 31.7 Å². The van der Waals surface area contributed by atoms with Crippen molar-refractivity contribution in [1.29, 1.82) is 0 Å². The number of anilines is 2. The molecule has 0 radical (unpaired) electrons. The molecule has 4 nitrogen and oxygen atoms in total. The molecule has 142 valence electrons. The third kappa shape index (κ3) is 3.86. The van der Waals surface area contributed by atoms with E-state index in [0.717, 1.165) is 42.0 Å². The van der Waals surface area contributed by atoms with Crippen molar-refractivity contribution in [2.75, 3.05) is 10.0 Å². The molecule has 0 spiro atoms. The highest BCUT2D eigenvalue weighted by Crippen LogP contribution is 2.28. The van der Waals surface area contributed by atoms with Crippen molar-refractivity contribution in [3.8, 4) is 0 Å². The minimum absolute atomic E-state index is 0.0946. The minimum Gasteiger partial charge on any atom is -0.278 e. The Labute approximate surface area is 167 Å². The summed E-state index contributed by atoms with van der Waals surface area (Å²) in [6.07, 6.45) is 3.39. The van der Waals surface area contributed by atoms with Crippen molar-refractivity contribution in [2.45, 2.75) is 32.4 Å². The second-order valence-corrected chi connectivity index (χ2v) is 6.93. The number of amidine groups is 1. The lowest BCUT2D eigenvalue weighted by atomic mass is 10.1. The lowest BCUT2D eigenvalue weighted by Crippen LogP contribution is -2.60. The van der Waals surface area contributed by atoms with Crippen molar-refractivity contribution < 1.29 is 0 Å². The zero-order valence-corrected chi connectivity index (χ0v) is 16.2. The molecule has 1 unspecified atom stereocenters. The third-order valence-corrected chi connectivity index (χ3v) is 4.93. The van der Waals surface area contributed by atoms with Gasteiger partial charge in [0.05, 0.1) is 11.4 Å². The summed E-state index contributed by atoms with van der Waals surface area (Å²) in [6, 6.07) is 31.2. The number of nitrogens with zero attached hydrogens (tertiary/aromatic N) is 3. The Hall–Kier alpha value is -3.27. The van der Waals surface area contributed by atoms with Crippen LogP contribution in [0.3, 0.4) is 0 Å². The molecule has 0 amide bonds. The molecule has 0 bridgehead atoms. The number of benzene rings is 3. The van der Waals surface area contributed by atoms with Gasteiger partial charge in [0, 0.05) is 5.56 Å². The van der Waals surface area contributed by atoms with Gasteiger partial charge in [0.15, 0.2) is 5.84 Å². The maximum Gasteiger partial charge on any atom is 0.172 e. The van der Waals surface area contributed by atoms with Crippen LogP contribution in [0.2, 0.25) is 0 Å². The largest absolute Gasteiger partial charge is 0.278 e. The zero-order chi connectivity index (χ0) is 19.2. The molecule has 0 saturated heterocycles. The fourth-order valence-electron chi connectivity index (χ4n) is 3.49. The first-order chi connectivity index (χ1) is 13.9. The lowest BCUT2D eigenvalue weighted by molar-refractivity contribution is 0.472. The molecule has 3 aromatic carbocycles. The van der Waals surface area contributed by atoms with E-state index < -0.39 is 0 Å². The Kier molecular flexibility index (Phi) is 5.57. The summed E-state index contributed by atoms with van der Waals surface area (Å²) >= 11 is 0. The van der Waals surface area contributed by atoms with Crippen LogP contribution in [-0.4, -0.2) is 12.0 Å². The van der Waals surface area contributed by atoms with E-state index >= 15 is 0 Å². The number of rotatable bonds is 6. The molecular formula is C24H26N4. The third-order valence-electron chi connectivity index (χ3n) is 4.93. The quantitative estimate of drug-likeness (QED) is 0.631. The first-order valence-electron chi connectivity index (χ1n) is 9.96. The fraction of sp³-hybridized carbons (Fsp3) is 0.208. The second-order valence-electron chi connectivity index (χ2n) is 6.93. The first-order valence-corrected chi connectivity index (χ1v) is 9.96. The minimum atomic E-state index is 0.0946. The molecule has 4 heteroatoms. The van der Waals surface area contributed by atoms with Gasteiger partial charge in [-0.2, -0.15) is 5.10 Å². The number of hydrogen-bond acceptors (Lipinski definition) is 4. The van der Waals surface area contributed by atoms with E-state index in [1.54, 1.807) is 0 Å². The Morgan fingerprint density at radius 3 is 1.96 bits per heavy atom. The van der Waals surface area contributed by atoms with Crippen LogP contribution in [0.25, 0.3) is 0 Å². The molecule has 0 fully saturated rings. The van der Waals surface area contributed by atoms with Gasteiger partial charge in [-0.15, -0.1) is 0 Å². The number of unbranched alkanes of at least 4 members (excludes halogenated alkanes) is 1. The second kappa shape index (κ2) is 8.61. The molecule has 0 saturated carbocycles. The Bertz CT molecular complexity index is 894. The van der Waals surface area contributed by atoms with Crippen molar-refractivity contribution in [2.24, 2.45) is 5.10 Å². The highest BCUT2D eigenvalue weighted by Gasteiger charge is 2.31. The summed E-state index contributed by atoms with van der Waals surface area (Å²) in [5, 5.41) is 9.43. The molecule has 0 aromatic heterocycles. The zero-order valence-electron chi connectivity index (χ0n) is 16.2. The highest BCUT2D eigenvalue weighted by molar-refractivity contribution is 6.01.